The van der Waals surface area contributed by atoms with E-state index in [4.69, 9.17) is 0 Å². The molecule has 3 nitrogen and oxygen atoms in total. The van der Waals surface area contributed by atoms with E-state index in [-0.39, 0.29) is 0 Å². The maximum atomic E-state index is 9.36. The van der Waals surface area contributed by atoms with E-state index >= 15 is 0 Å². The van der Waals surface area contributed by atoms with Crippen LogP contribution in [0, 0.1) is 5.21 Å². The SMILES string of the molecule is [NH3+]CC[NH2+][O-]. The first-order valence-electron chi connectivity index (χ1n) is 1.64. The van der Waals surface area contributed by atoms with Gasteiger partial charge in [0.05, 0.1) is 0 Å². The van der Waals surface area contributed by atoms with E-state index in [1.165, 1.54) is 0 Å². The Hall–Kier alpha value is -0.120. The minimum atomic E-state index is 0.597. The van der Waals surface area contributed by atoms with Crippen molar-refractivity contribution in [2.75, 3.05) is 13.1 Å². The van der Waals surface area contributed by atoms with Gasteiger partial charge >= 0.3 is 0 Å². The molecule has 0 unspecified atom stereocenters. The zero-order valence-electron chi connectivity index (χ0n) is 3.11. The van der Waals surface area contributed by atoms with Gasteiger partial charge in [0.15, 0.2) is 0 Å². The zero-order valence-corrected chi connectivity index (χ0v) is 3.11. The molecule has 5 N–H and O–H groups in total. The number of nitrogens with two attached hydrogens (primary N) is 1. The fourth-order valence-electron chi connectivity index (χ4n) is 0.0833. The lowest BCUT2D eigenvalue weighted by atomic mass is 10.7. The van der Waals surface area contributed by atoms with Gasteiger partial charge in [0, 0.05) is 0 Å². The summed E-state index contributed by atoms with van der Waals surface area (Å²) in [6.45, 7) is 1.32. The van der Waals surface area contributed by atoms with Crippen LogP contribution in [0.25, 0.3) is 0 Å². The molecule has 0 aromatic carbocycles. The van der Waals surface area contributed by atoms with Crippen LogP contribution >= 0.6 is 0 Å². The van der Waals surface area contributed by atoms with E-state index in [0.29, 0.717) is 6.54 Å². The summed E-state index contributed by atoms with van der Waals surface area (Å²) in [6.07, 6.45) is 0. The summed E-state index contributed by atoms with van der Waals surface area (Å²) in [7, 11) is 0. The van der Waals surface area contributed by atoms with Gasteiger partial charge in [0.25, 0.3) is 0 Å². The lowest BCUT2D eigenvalue weighted by Crippen LogP contribution is -2.82. The maximum Gasteiger partial charge on any atom is 0.125 e. The largest absolute Gasteiger partial charge is 0.636 e. The van der Waals surface area contributed by atoms with Gasteiger partial charge in [0.2, 0.25) is 0 Å². The average molecular weight is 77.1 g/mol. The monoisotopic (exact) mass is 77.1 g/mol. The number of hydrogen-bond donors (Lipinski definition) is 2. The Morgan fingerprint density at radius 1 is 1.80 bits per heavy atom. The molecule has 0 amide bonds. The quantitative estimate of drug-likeness (QED) is 0.346. The second-order valence-electron chi connectivity index (χ2n) is 0.809. The molecule has 0 fully saturated rings. The molecule has 3 heteroatoms. The van der Waals surface area contributed by atoms with Gasteiger partial charge in [-0.05, 0) is 0 Å². The van der Waals surface area contributed by atoms with Crippen molar-refractivity contribution in [3.8, 4) is 0 Å². The summed E-state index contributed by atoms with van der Waals surface area (Å²) >= 11 is 0. The predicted molar refractivity (Wildman–Crippen MR) is 17.9 cm³/mol. The highest BCUT2D eigenvalue weighted by molar-refractivity contribution is 4.07. The summed E-state index contributed by atoms with van der Waals surface area (Å²) in [6, 6.07) is 0. The minimum Gasteiger partial charge on any atom is -0.636 e. The number of hydrogen-bond acceptors (Lipinski definition) is 1. The van der Waals surface area contributed by atoms with Gasteiger partial charge in [-0.2, -0.15) is 0 Å². The van der Waals surface area contributed by atoms with Crippen molar-refractivity contribution in [2.24, 2.45) is 0 Å². The highest BCUT2D eigenvalue weighted by Crippen LogP contribution is 1.18. The Balaban J connectivity index is 2.19. The van der Waals surface area contributed by atoms with E-state index in [9.17, 15) is 5.21 Å². The van der Waals surface area contributed by atoms with E-state index in [1.54, 1.807) is 0 Å². The van der Waals surface area contributed by atoms with Gasteiger partial charge in [-0.15, -0.1) is 0 Å². The molecule has 0 aliphatic heterocycles. The van der Waals surface area contributed by atoms with E-state index in [1.807, 2.05) is 0 Å². The fraction of sp³-hybridized carbons (Fsp3) is 1.00. The zero-order chi connectivity index (χ0) is 4.12. The van der Waals surface area contributed by atoms with Crippen LogP contribution in [0.3, 0.4) is 0 Å². The van der Waals surface area contributed by atoms with Crippen LogP contribution in [0.2, 0.25) is 0 Å². The molecule has 0 spiro atoms. The van der Waals surface area contributed by atoms with Crippen LogP contribution in [0.15, 0.2) is 0 Å². The summed E-state index contributed by atoms with van der Waals surface area (Å²) in [5, 5.41) is 9.36. The Bertz CT molecular complexity index is 15.1. The predicted octanol–water partition coefficient (Wildman–Crippen LogP) is -2.71. The first-order valence-corrected chi connectivity index (χ1v) is 1.64. The summed E-state index contributed by atoms with van der Waals surface area (Å²) in [5.41, 5.74) is 4.31. The van der Waals surface area contributed by atoms with Gasteiger partial charge in [-0.1, -0.05) is 0 Å². The Kier molecular flexibility index (Phi) is 3.79. The molecule has 0 saturated heterocycles. The molecular formula is C2H9N2O+. The third kappa shape index (κ3) is 3.88. The van der Waals surface area contributed by atoms with Gasteiger partial charge in [-0.3, -0.25) is 0 Å². The number of hydroxylamine groups is 1. The average Bonchev–Trinajstić information content (AvgIpc) is 1.41. The molecule has 0 saturated carbocycles. The first-order chi connectivity index (χ1) is 2.41. The molecule has 0 radical (unpaired) electrons. The van der Waals surface area contributed by atoms with Crippen molar-refractivity contribution >= 4 is 0 Å². The molecule has 0 heterocycles. The van der Waals surface area contributed by atoms with E-state index in [0.717, 1.165) is 12.0 Å². The molecule has 0 atom stereocenters. The first kappa shape index (κ1) is 4.88. The van der Waals surface area contributed by atoms with Crippen molar-refractivity contribution < 1.29 is 11.2 Å². The number of rotatable bonds is 2. The second-order valence-corrected chi connectivity index (χ2v) is 0.809. The van der Waals surface area contributed by atoms with E-state index < -0.39 is 0 Å². The molecule has 0 bridgehead atoms. The Morgan fingerprint density at radius 3 is 2.40 bits per heavy atom. The van der Waals surface area contributed by atoms with Crippen LogP contribution in [0.4, 0.5) is 0 Å². The topological polar surface area (TPSA) is 67.3 Å². The molecule has 0 aromatic rings. The van der Waals surface area contributed by atoms with Gasteiger partial charge in [-0.25, -0.2) is 0 Å². The summed E-state index contributed by atoms with van der Waals surface area (Å²) < 4.78 is 0. The maximum absolute atomic E-state index is 9.36. The van der Waals surface area contributed by atoms with Crippen molar-refractivity contribution in [1.29, 1.82) is 0 Å². The third-order valence-corrected chi connectivity index (χ3v) is 0.322. The fourth-order valence-corrected chi connectivity index (χ4v) is 0.0833. The molecule has 32 valence electrons. The van der Waals surface area contributed by atoms with Crippen molar-refractivity contribution in [3.63, 3.8) is 0 Å². The van der Waals surface area contributed by atoms with Crippen LogP contribution in [-0.2, 0) is 0 Å². The molecule has 0 aliphatic rings. The molecular weight excluding hydrogens is 68.0 g/mol. The Morgan fingerprint density at radius 2 is 2.40 bits per heavy atom. The van der Waals surface area contributed by atoms with Crippen LogP contribution in [0.1, 0.15) is 0 Å². The van der Waals surface area contributed by atoms with Crippen LogP contribution in [0.5, 0.6) is 0 Å². The molecule has 0 aliphatic carbocycles. The molecule has 5 heavy (non-hydrogen) atoms. The summed E-state index contributed by atoms with van der Waals surface area (Å²) in [4.78, 5) is 0. The molecule has 0 rings (SSSR count). The van der Waals surface area contributed by atoms with Crippen molar-refractivity contribution in [2.45, 2.75) is 0 Å². The number of quaternary nitrogens is 2. The van der Waals surface area contributed by atoms with Crippen molar-refractivity contribution in [3.05, 3.63) is 5.21 Å². The molecule has 0 aromatic heterocycles. The van der Waals surface area contributed by atoms with Crippen LogP contribution < -0.4 is 11.2 Å². The summed E-state index contributed by atoms with van der Waals surface area (Å²) in [5.74, 6) is 0. The van der Waals surface area contributed by atoms with E-state index in [2.05, 4.69) is 5.73 Å². The van der Waals surface area contributed by atoms with Gasteiger partial charge in [0.1, 0.15) is 13.1 Å². The minimum absolute atomic E-state index is 0.597. The van der Waals surface area contributed by atoms with Crippen LogP contribution in [-0.4, -0.2) is 13.1 Å². The van der Waals surface area contributed by atoms with Gasteiger partial charge < -0.3 is 16.4 Å². The lowest BCUT2D eigenvalue weighted by molar-refractivity contribution is -0.610. The highest BCUT2D eigenvalue weighted by atomic mass is 16.5. The second kappa shape index (κ2) is 3.88. The highest BCUT2D eigenvalue weighted by Gasteiger charge is 1.68. The third-order valence-electron chi connectivity index (χ3n) is 0.322. The lowest BCUT2D eigenvalue weighted by Gasteiger charge is -1.92. The smallest absolute Gasteiger partial charge is 0.125 e. The van der Waals surface area contributed by atoms with Crippen molar-refractivity contribution in [1.82, 2.24) is 0 Å². The normalized spacial score (nSPS) is 8.40. The Labute approximate surface area is 30.7 Å². The standard InChI is InChI=1S/C2H8N2O/c3-1-2-4-5/h1-4H2/p+1.